The Kier molecular flexibility index (Phi) is 6.89. The fourth-order valence-electron chi connectivity index (χ4n) is 4.27. The van der Waals surface area contributed by atoms with Gasteiger partial charge in [0, 0.05) is 10.6 Å². The second kappa shape index (κ2) is 9.98. The molecule has 1 amide bonds. The number of hydrogen-bond donors (Lipinski definition) is 1. The smallest absolute Gasteiger partial charge is 0.252 e. The summed E-state index contributed by atoms with van der Waals surface area (Å²) in [4.78, 5) is 13.5. The number of amides is 1. The first-order valence-electron chi connectivity index (χ1n) is 11.1. The average Bonchev–Trinajstić information content (AvgIpc) is 2.82. The number of hydrogen-bond acceptors (Lipinski definition) is 1. The molecule has 158 valence electrons. The van der Waals surface area contributed by atoms with Crippen LogP contribution in [0.15, 0.2) is 72.8 Å². The van der Waals surface area contributed by atoms with Gasteiger partial charge in [0.15, 0.2) is 0 Å². The summed E-state index contributed by atoms with van der Waals surface area (Å²) in [5.74, 6) is -0.0873. The Hall–Kier alpha value is -2.84. The molecular weight excluding hydrogens is 402 g/mol. The Morgan fingerprint density at radius 2 is 1.68 bits per heavy atom. The van der Waals surface area contributed by atoms with Gasteiger partial charge < -0.3 is 5.32 Å². The SMILES string of the molecule is CCC(NC(=O)/C(=C/c1ccccc1Cl)c1ccccc1)c1ccc2c(c1)CCCC2. The highest BCUT2D eigenvalue weighted by atomic mass is 35.5. The van der Waals surface area contributed by atoms with Gasteiger partial charge in [-0.3, -0.25) is 4.79 Å². The molecule has 0 fully saturated rings. The summed E-state index contributed by atoms with van der Waals surface area (Å²) in [7, 11) is 0. The number of carbonyl (C=O) groups is 1. The van der Waals surface area contributed by atoms with Crippen molar-refractivity contribution in [2.75, 3.05) is 0 Å². The van der Waals surface area contributed by atoms with Crippen molar-refractivity contribution in [1.82, 2.24) is 5.32 Å². The van der Waals surface area contributed by atoms with E-state index in [4.69, 9.17) is 11.6 Å². The van der Waals surface area contributed by atoms with E-state index < -0.39 is 0 Å². The van der Waals surface area contributed by atoms with Crippen LogP contribution >= 0.6 is 11.6 Å². The molecule has 4 rings (SSSR count). The molecule has 3 heteroatoms. The van der Waals surface area contributed by atoms with Crippen LogP contribution in [-0.2, 0) is 17.6 Å². The van der Waals surface area contributed by atoms with Gasteiger partial charge in [-0.2, -0.15) is 0 Å². The molecule has 1 aliphatic rings. The highest BCUT2D eigenvalue weighted by Gasteiger charge is 2.19. The number of nitrogens with one attached hydrogen (secondary N) is 1. The standard InChI is InChI=1S/C28H28ClNO/c1-2-27(24-17-16-20-10-6-7-13-22(20)18-24)30-28(31)25(21-11-4-3-5-12-21)19-23-14-8-9-15-26(23)29/h3-5,8-9,11-12,14-19,27H,2,6-7,10,13H2,1H3,(H,30,31)/b25-19+. The minimum Gasteiger partial charge on any atom is -0.345 e. The molecule has 0 saturated carbocycles. The van der Waals surface area contributed by atoms with Gasteiger partial charge in [-0.1, -0.05) is 85.3 Å². The number of benzene rings is 3. The van der Waals surface area contributed by atoms with Crippen molar-refractivity contribution in [3.8, 4) is 0 Å². The molecule has 0 spiro atoms. The van der Waals surface area contributed by atoms with Gasteiger partial charge in [0.1, 0.15) is 0 Å². The zero-order valence-corrected chi connectivity index (χ0v) is 18.7. The number of halogens is 1. The summed E-state index contributed by atoms with van der Waals surface area (Å²) in [5, 5.41) is 3.91. The topological polar surface area (TPSA) is 29.1 Å². The molecule has 0 aliphatic heterocycles. The molecule has 1 unspecified atom stereocenters. The van der Waals surface area contributed by atoms with Crippen LogP contribution in [0.25, 0.3) is 11.6 Å². The van der Waals surface area contributed by atoms with Crippen molar-refractivity contribution in [1.29, 1.82) is 0 Å². The third kappa shape index (κ3) is 5.08. The second-order valence-electron chi connectivity index (χ2n) is 8.12. The van der Waals surface area contributed by atoms with Crippen LogP contribution in [0.4, 0.5) is 0 Å². The van der Waals surface area contributed by atoms with Gasteiger partial charge in [0.2, 0.25) is 0 Å². The van der Waals surface area contributed by atoms with E-state index in [1.165, 1.54) is 29.5 Å². The molecule has 3 aromatic rings. The molecule has 0 saturated heterocycles. The fraction of sp³-hybridized carbons (Fsp3) is 0.250. The van der Waals surface area contributed by atoms with E-state index in [0.29, 0.717) is 10.6 Å². The summed E-state index contributed by atoms with van der Waals surface area (Å²) in [6.07, 6.45) is 7.53. The van der Waals surface area contributed by atoms with Crippen molar-refractivity contribution in [3.05, 3.63) is 106 Å². The summed E-state index contributed by atoms with van der Waals surface area (Å²) >= 11 is 6.38. The number of rotatable bonds is 6. The summed E-state index contributed by atoms with van der Waals surface area (Å²) in [5.41, 5.74) is 6.40. The Balaban J connectivity index is 1.64. The van der Waals surface area contributed by atoms with Gasteiger partial charge in [0.25, 0.3) is 5.91 Å². The lowest BCUT2D eigenvalue weighted by Crippen LogP contribution is -2.29. The summed E-state index contributed by atoms with van der Waals surface area (Å²) in [6, 6.07) is 24.1. The van der Waals surface area contributed by atoms with Crippen LogP contribution in [0.1, 0.15) is 60.0 Å². The second-order valence-corrected chi connectivity index (χ2v) is 8.52. The van der Waals surface area contributed by atoms with Crippen molar-refractivity contribution in [3.63, 3.8) is 0 Å². The lowest BCUT2D eigenvalue weighted by atomic mass is 9.88. The van der Waals surface area contributed by atoms with E-state index in [1.54, 1.807) is 0 Å². The van der Waals surface area contributed by atoms with Gasteiger partial charge in [-0.25, -0.2) is 0 Å². The van der Waals surface area contributed by atoms with E-state index in [-0.39, 0.29) is 11.9 Å². The Labute approximate surface area is 190 Å². The van der Waals surface area contributed by atoms with Gasteiger partial charge >= 0.3 is 0 Å². The van der Waals surface area contributed by atoms with Gasteiger partial charge in [0.05, 0.1) is 6.04 Å². The molecular formula is C28H28ClNO. The first-order valence-corrected chi connectivity index (χ1v) is 11.5. The van der Waals surface area contributed by atoms with Crippen LogP contribution in [0, 0.1) is 0 Å². The quantitative estimate of drug-likeness (QED) is 0.331. The monoisotopic (exact) mass is 429 g/mol. The molecule has 2 nitrogen and oxygen atoms in total. The minimum atomic E-state index is -0.0873. The van der Waals surface area contributed by atoms with Gasteiger partial charge in [-0.05, 0) is 72.1 Å². The number of carbonyl (C=O) groups excluding carboxylic acids is 1. The first kappa shape index (κ1) is 21.4. The van der Waals surface area contributed by atoms with Crippen LogP contribution in [0.5, 0.6) is 0 Å². The molecule has 31 heavy (non-hydrogen) atoms. The molecule has 0 radical (unpaired) electrons. The van der Waals surface area contributed by atoms with Crippen LogP contribution in [0.3, 0.4) is 0 Å². The minimum absolute atomic E-state index is 0.0296. The third-order valence-corrected chi connectivity index (χ3v) is 6.37. The predicted molar refractivity (Wildman–Crippen MR) is 130 cm³/mol. The largest absolute Gasteiger partial charge is 0.345 e. The van der Waals surface area contributed by atoms with Crippen molar-refractivity contribution >= 4 is 29.2 Å². The first-order chi connectivity index (χ1) is 15.2. The summed E-state index contributed by atoms with van der Waals surface area (Å²) < 4.78 is 0. The molecule has 3 aromatic carbocycles. The van der Waals surface area contributed by atoms with Crippen LogP contribution in [0.2, 0.25) is 5.02 Å². The molecule has 1 N–H and O–H groups in total. The lowest BCUT2D eigenvalue weighted by molar-refractivity contribution is -0.116. The van der Waals surface area contributed by atoms with Crippen molar-refractivity contribution in [2.24, 2.45) is 0 Å². The van der Waals surface area contributed by atoms with E-state index in [2.05, 4.69) is 30.4 Å². The van der Waals surface area contributed by atoms with Gasteiger partial charge in [-0.15, -0.1) is 0 Å². The average molecular weight is 430 g/mol. The Bertz CT molecular complexity index is 1090. The van der Waals surface area contributed by atoms with E-state index in [0.717, 1.165) is 30.4 Å². The molecule has 0 aromatic heterocycles. The maximum atomic E-state index is 13.5. The molecule has 0 heterocycles. The maximum Gasteiger partial charge on any atom is 0.252 e. The van der Waals surface area contributed by atoms with E-state index in [9.17, 15) is 4.79 Å². The highest BCUT2D eigenvalue weighted by Crippen LogP contribution is 2.28. The van der Waals surface area contributed by atoms with Crippen molar-refractivity contribution in [2.45, 2.75) is 45.1 Å². The summed E-state index contributed by atoms with van der Waals surface area (Å²) in [6.45, 7) is 2.12. The fourth-order valence-corrected chi connectivity index (χ4v) is 4.46. The van der Waals surface area contributed by atoms with Crippen molar-refractivity contribution < 1.29 is 4.79 Å². The van der Waals surface area contributed by atoms with Crippen LogP contribution in [-0.4, -0.2) is 5.91 Å². The zero-order chi connectivity index (χ0) is 21.6. The molecule has 1 atom stereocenters. The van der Waals surface area contributed by atoms with E-state index >= 15 is 0 Å². The van der Waals surface area contributed by atoms with E-state index in [1.807, 2.05) is 60.7 Å². The lowest BCUT2D eigenvalue weighted by Gasteiger charge is -2.22. The molecule has 1 aliphatic carbocycles. The van der Waals surface area contributed by atoms with Crippen LogP contribution < -0.4 is 5.32 Å². The Morgan fingerprint density at radius 1 is 0.968 bits per heavy atom. The maximum absolute atomic E-state index is 13.5. The predicted octanol–water partition coefficient (Wildman–Crippen LogP) is 7.03. The zero-order valence-electron chi connectivity index (χ0n) is 17.9. The number of aryl methyl sites for hydroxylation is 2. The normalized spacial score (nSPS) is 14.6. The number of fused-ring (bicyclic) bond motifs is 1. The third-order valence-electron chi connectivity index (χ3n) is 6.02. The Morgan fingerprint density at radius 3 is 2.42 bits per heavy atom. The molecule has 0 bridgehead atoms. The highest BCUT2D eigenvalue weighted by molar-refractivity contribution is 6.33.